The molecule has 0 unspecified atom stereocenters. The number of hydrogen-bond acceptors (Lipinski definition) is 5. The summed E-state index contributed by atoms with van der Waals surface area (Å²) in [5.74, 6) is 0.834. The first-order valence-electron chi connectivity index (χ1n) is 4.90. The maximum absolute atomic E-state index is 5.87. The van der Waals surface area contributed by atoms with E-state index in [1.54, 1.807) is 30.3 Å². The van der Waals surface area contributed by atoms with Crippen LogP contribution >= 0.6 is 23.2 Å². The van der Waals surface area contributed by atoms with Crippen LogP contribution in [0.4, 0.5) is 0 Å². The Kier molecular flexibility index (Phi) is 2.73. The van der Waals surface area contributed by atoms with E-state index in [1.807, 2.05) is 0 Å². The van der Waals surface area contributed by atoms with Crippen LogP contribution in [0.15, 0.2) is 30.3 Å². The maximum atomic E-state index is 5.87. The van der Waals surface area contributed by atoms with Crippen molar-refractivity contribution in [3.8, 4) is 11.6 Å². The summed E-state index contributed by atoms with van der Waals surface area (Å²) < 4.78 is 6.79. The van der Waals surface area contributed by atoms with Crippen LogP contribution < -0.4 is 4.74 Å². The minimum atomic E-state index is 0.341. The van der Waals surface area contributed by atoms with Gasteiger partial charge in [-0.3, -0.25) is 0 Å². The molecule has 1 aromatic carbocycles. The Bertz CT molecular complexity index is 694. The molecule has 18 heavy (non-hydrogen) atoms. The smallest absolute Gasteiger partial charge is 0.239 e. The summed E-state index contributed by atoms with van der Waals surface area (Å²) in [5.41, 5.74) is 0.534. The first kappa shape index (κ1) is 11.2. The predicted molar refractivity (Wildman–Crippen MR) is 65.1 cm³/mol. The number of benzene rings is 1. The van der Waals surface area contributed by atoms with Gasteiger partial charge < -0.3 is 4.74 Å². The van der Waals surface area contributed by atoms with Gasteiger partial charge in [-0.25, -0.2) is 0 Å². The van der Waals surface area contributed by atoms with Crippen molar-refractivity contribution in [3.05, 3.63) is 40.4 Å². The molecule has 0 radical (unpaired) electrons. The molecule has 0 spiro atoms. The molecule has 0 amide bonds. The Morgan fingerprint density at radius 2 is 1.83 bits per heavy atom. The second-order valence-corrected chi connectivity index (χ2v) is 4.28. The highest BCUT2D eigenvalue weighted by molar-refractivity contribution is 6.34. The van der Waals surface area contributed by atoms with Gasteiger partial charge in [-0.1, -0.05) is 23.2 Å². The van der Waals surface area contributed by atoms with Gasteiger partial charge in [0.2, 0.25) is 5.88 Å². The topological polar surface area (TPSA) is 65.2 Å². The second kappa shape index (κ2) is 4.40. The summed E-state index contributed by atoms with van der Waals surface area (Å²) in [7, 11) is 0. The molecule has 2 heterocycles. The molecule has 90 valence electrons. The molecule has 0 aliphatic rings. The fourth-order valence-electron chi connectivity index (χ4n) is 1.40. The minimum Gasteiger partial charge on any atom is -0.437 e. The quantitative estimate of drug-likeness (QED) is 0.722. The van der Waals surface area contributed by atoms with E-state index in [-0.39, 0.29) is 0 Å². The van der Waals surface area contributed by atoms with E-state index < -0.39 is 0 Å². The SMILES string of the molecule is Clc1cc(Cl)cc(Oc2ccc3nnnn3n2)c1. The summed E-state index contributed by atoms with van der Waals surface area (Å²) in [6, 6.07) is 8.24. The molecule has 0 saturated carbocycles. The molecular formula is C10H5Cl2N5O. The average molecular weight is 282 g/mol. The standard InChI is InChI=1S/C10H5Cl2N5O/c11-6-3-7(12)5-8(4-6)18-10-2-1-9-13-15-16-17(9)14-10/h1-5H. The monoisotopic (exact) mass is 281 g/mol. The van der Waals surface area contributed by atoms with Gasteiger partial charge in [-0.05, 0) is 34.7 Å². The van der Waals surface area contributed by atoms with Crippen LogP contribution in [0.2, 0.25) is 10.0 Å². The number of ether oxygens (including phenoxy) is 1. The molecule has 3 aromatic rings. The third-order valence-corrected chi connectivity index (χ3v) is 2.54. The fourth-order valence-corrected chi connectivity index (χ4v) is 1.90. The van der Waals surface area contributed by atoms with Crippen molar-refractivity contribution < 1.29 is 4.74 Å². The molecule has 8 heteroatoms. The van der Waals surface area contributed by atoms with Crippen LogP contribution in [0.3, 0.4) is 0 Å². The van der Waals surface area contributed by atoms with Crippen LogP contribution in [0, 0.1) is 0 Å². The van der Waals surface area contributed by atoms with Gasteiger partial charge >= 0.3 is 0 Å². The van der Waals surface area contributed by atoms with Crippen molar-refractivity contribution in [2.45, 2.75) is 0 Å². The second-order valence-electron chi connectivity index (χ2n) is 3.41. The summed E-state index contributed by atoms with van der Waals surface area (Å²) in [5, 5.41) is 15.9. The van der Waals surface area contributed by atoms with Crippen LogP contribution in [0.1, 0.15) is 0 Å². The van der Waals surface area contributed by atoms with Gasteiger partial charge in [0.25, 0.3) is 0 Å². The number of nitrogens with zero attached hydrogens (tertiary/aromatic N) is 5. The first-order chi connectivity index (χ1) is 8.70. The summed E-state index contributed by atoms with van der Waals surface area (Å²) >= 11 is 11.7. The van der Waals surface area contributed by atoms with E-state index in [1.165, 1.54) is 4.63 Å². The molecule has 0 N–H and O–H groups in total. The van der Waals surface area contributed by atoms with Crippen molar-refractivity contribution in [1.82, 2.24) is 25.3 Å². The minimum absolute atomic E-state index is 0.341. The normalized spacial score (nSPS) is 10.8. The lowest BCUT2D eigenvalue weighted by Crippen LogP contribution is -1.97. The molecule has 3 rings (SSSR count). The Hall–Kier alpha value is -1.92. The third-order valence-electron chi connectivity index (χ3n) is 2.10. The van der Waals surface area contributed by atoms with Gasteiger partial charge in [-0.15, -0.1) is 14.8 Å². The van der Waals surface area contributed by atoms with Crippen molar-refractivity contribution in [2.75, 3.05) is 0 Å². The van der Waals surface area contributed by atoms with Crippen molar-refractivity contribution in [1.29, 1.82) is 0 Å². The lowest BCUT2D eigenvalue weighted by Gasteiger charge is -2.05. The molecule has 6 nitrogen and oxygen atoms in total. The number of rotatable bonds is 2. The largest absolute Gasteiger partial charge is 0.437 e. The Balaban J connectivity index is 1.95. The fraction of sp³-hybridized carbons (Fsp3) is 0. The predicted octanol–water partition coefficient (Wildman–Crippen LogP) is 2.62. The highest BCUT2D eigenvalue weighted by Gasteiger charge is 2.04. The van der Waals surface area contributed by atoms with E-state index in [9.17, 15) is 0 Å². The average Bonchev–Trinajstić information content (AvgIpc) is 2.74. The van der Waals surface area contributed by atoms with Gasteiger partial charge in [0.1, 0.15) is 5.75 Å². The number of hydrogen-bond donors (Lipinski definition) is 0. The van der Waals surface area contributed by atoms with Crippen LogP contribution in [-0.4, -0.2) is 25.3 Å². The van der Waals surface area contributed by atoms with Crippen molar-refractivity contribution in [2.24, 2.45) is 0 Å². The first-order valence-corrected chi connectivity index (χ1v) is 5.66. The van der Waals surface area contributed by atoms with Gasteiger partial charge in [0.15, 0.2) is 5.65 Å². The molecule has 0 aliphatic carbocycles. The van der Waals surface area contributed by atoms with Crippen molar-refractivity contribution in [3.63, 3.8) is 0 Å². The van der Waals surface area contributed by atoms with Crippen molar-refractivity contribution >= 4 is 28.8 Å². The Labute approximate surface area is 111 Å². The van der Waals surface area contributed by atoms with Gasteiger partial charge in [0, 0.05) is 16.1 Å². The zero-order valence-electron chi connectivity index (χ0n) is 8.79. The lowest BCUT2D eigenvalue weighted by atomic mass is 10.3. The molecule has 2 aromatic heterocycles. The third kappa shape index (κ3) is 2.20. The van der Waals surface area contributed by atoms with Crippen LogP contribution in [-0.2, 0) is 0 Å². The van der Waals surface area contributed by atoms with Crippen LogP contribution in [0.5, 0.6) is 11.6 Å². The van der Waals surface area contributed by atoms with Gasteiger partial charge in [-0.2, -0.15) is 0 Å². The molecule has 0 aliphatic heterocycles. The number of halogens is 2. The molecular weight excluding hydrogens is 277 g/mol. The van der Waals surface area contributed by atoms with Gasteiger partial charge in [0.05, 0.1) is 0 Å². The van der Waals surface area contributed by atoms with E-state index in [4.69, 9.17) is 27.9 Å². The van der Waals surface area contributed by atoms with E-state index in [0.29, 0.717) is 27.3 Å². The number of fused-ring (bicyclic) bond motifs is 1. The number of aromatic nitrogens is 5. The Morgan fingerprint density at radius 1 is 1.06 bits per heavy atom. The lowest BCUT2D eigenvalue weighted by molar-refractivity contribution is 0.447. The summed E-state index contributed by atoms with van der Waals surface area (Å²) in [4.78, 5) is 0. The molecule has 0 fully saturated rings. The van der Waals surface area contributed by atoms with Crippen LogP contribution in [0.25, 0.3) is 5.65 Å². The summed E-state index contributed by atoms with van der Waals surface area (Å²) in [6.07, 6.45) is 0. The highest BCUT2D eigenvalue weighted by atomic mass is 35.5. The molecule has 0 atom stereocenters. The molecule has 0 saturated heterocycles. The molecule has 0 bridgehead atoms. The zero-order valence-corrected chi connectivity index (χ0v) is 10.3. The Morgan fingerprint density at radius 3 is 2.61 bits per heavy atom. The number of tetrazole rings is 1. The highest BCUT2D eigenvalue weighted by Crippen LogP contribution is 2.27. The maximum Gasteiger partial charge on any atom is 0.239 e. The zero-order chi connectivity index (χ0) is 12.5. The van der Waals surface area contributed by atoms with E-state index in [0.717, 1.165) is 0 Å². The summed E-state index contributed by atoms with van der Waals surface area (Å²) in [6.45, 7) is 0. The van der Waals surface area contributed by atoms with E-state index >= 15 is 0 Å². The van der Waals surface area contributed by atoms with E-state index in [2.05, 4.69) is 20.6 Å².